The van der Waals surface area contributed by atoms with Gasteiger partial charge >= 0.3 is 5.97 Å². The molecule has 4 rings (SSSR count). The first-order chi connectivity index (χ1) is 15.1. The minimum Gasteiger partial charge on any atom is -0.463 e. The van der Waals surface area contributed by atoms with Crippen LogP contribution in [-0.2, 0) is 14.3 Å². The summed E-state index contributed by atoms with van der Waals surface area (Å²) >= 11 is 7.91. The molecule has 1 fully saturated rings. The summed E-state index contributed by atoms with van der Waals surface area (Å²) in [7, 11) is 0. The van der Waals surface area contributed by atoms with Crippen LogP contribution < -0.4 is 5.32 Å². The Bertz CT molecular complexity index is 1000. The number of thiazole rings is 1. The van der Waals surface area contributed by atoms with Crippen LogP contribution in [0.5, 0.6) is 0 Å². The second-order valence-electron chi connectivity index (χ2n) is 7.19. The zero-order chi connectivity index (χ0) is 21.8. The van der Waals surface area contributed by atoms with E-state index in [-0.39, 0.29) is 11.6 Å². The van der Waals surface area contributed by atoms with E-state index in [9.17, 15) is 9.18 Å². The average Bonchev–Trinajstić information content (AvgIpc) is 3.29. The number of halogens is 2. The number of rotatable bonds is 6. The zero-order valence-corrected chi connectivity index (χ0v) is 18.6. The second kappa shape index (κ2) is 9.91. The molecule has 9 heteroatoms. The van der Waals surface area contributed by atoms with Crippen LogP contribution in [0.1, 0.15) is 23.4 Å². The van der Waals surface area contributed by atoms with Crippen molar-refractivity contribution in [2.24, 2.45) is 0 Å². The predicted molar refractivity (Wildman–Crippen MR) is 118 cm³/mol. The van der Waals surface area contributed by atoms with E-state index in [1.807, 2.05) is 11.5 Å². The fourth-order valence-corrected chi connectivity index (χ4v) is 4.66. The Hall–Kier alpha value is -2.26. The Morgan fingerprint density at radius 1 is 1.42 bits per heavy atom. The highest BCUT2D eigenvalue weighted by molar-refractivity contribution is 7.10. The van der Waals surface area contributed by atoms with Crippen molar-refractivity contribution in [3.05, 3.63) is 68.5 Å². The van der Waals surface area contributed by atoms with Crippen molar-refractivity contribution in [3.8, 4) is 0 Å². The van der Waals surface area contributed by atoms with Crippen LogP contribution in [0.4, 0.5) is 4.39 Å². The number of nitrogens with zero attached hydrogens (tertiary/aromatic N) is 2. The standard InChI is InChI=1S/C22H23ClFN3O3S/c1-2-30-22(28)20-16(15-4-3-14(24)11-17(15)23)12-18(21-25-5-10-31-21)26-19(20)13-27-6-8-29-9-7-27/h3-5,10-12,16,26H,2,6-9,13H2,1H3. The molecular weight excluding hydrogens is 441 g/mol. The van der Waals surface area contributed by atoms with Crippen LogP contribution in [0.2, 0.25) is 5.02 Å². The Labute approximate surface area is 189 Å². The average molecular weight is 464 g/mol. The minimum atomic E-state index is -0.497. The van der Waals surface area contributed by atoms with E-state index in [0.29, 0.717) is 30.9 Å². The largest absolute Gasteiger partial charge is 0.463 e. The van der Waals surface area contributed by atoms with Gasteiger partial charge in [0.05, 0.1) is 31.1 Å². The highest BCUT2D eigenvalue weighted by Crippen LogP contribution is 2.39. The Morgan fingerprint density at radius 3 is 2.90 bits per heavy atom. The topological polar surface area (TPSA) is 63.7 Å². The summed E-state index contributed by atoms with van der Waals surface area (Å²) < 4.78 is 24.6. The number of ether oxygens (including phenoxy) is 2. The maximum atomic E-state index is 13.7. The summed E-state index contributed by atoms with van der Waals surface area (Å²) in [6.45, 7) is 5.36. The lowest BCUT2D eigenvalue weighted by atomic mass is 9.86. The molecule has 0 radical (unpaired) electrons. The number of carbonyl (C=O) groups excluding carboxylic acids is 1. The Kier molecular flexibility index (Phi) is 7.02. The molecule has 2 aromatic rings. The third-order valence-corrected chi connectivity index (χ3v) is 6.33. The molecule has 2 aliphatic heterocycles. The van der Waals surface area contributed by atoms with Crippen LogP contribution in [0, 0.1) is 5.82 Å². The fourth-order valence-electron chi connectivity index (χ4n) is 3.76. The number of esters is 1. The number of benzene rings is 1. The van der Waals surface area contributed by atoms with Gasteiger partial charge in [0.25, 0.3) is 0 Å². The summed E-state index contributed by atoms with van der Waals surface area (Å²) in [6.07, 6.45) is 3.64. The smallest absolute Gasteiger partial charge is 0.336 e. The molecule has 6 nitrogen and oxygen atoms in total. The molecule has 31 heavy (non-hydrogen) atoms. The molecular formula is C22H23ClFN3O3S. The number of morpholine rings is 1. The molecule has 0 aliphatic carbocycles. The normalized spacial score (nSPS) is 19.7. The van der Waals surface area contributed by atoms with Crippen molar-refractivity contribution in [2.45, 2.75) is 12.8 Å². The zero-order valence-electron chi connectivity index (χ0n) is 17.1. The van der Waals surface area contributed by atoms with Crippen LogP contribution in [0.15, 0.2) is 47.1 Å². The maximum Gasteiger partial charge on any atom is 0.336 e. The van der Waals surface area contributed by atoms with E-state index >= 15 is 0 Å². The van der Waals surface area contributed by atoms with Gasteiger partial charge in [0.1, 0.15) is 10.8 Å². The molecule has 164 valence electrons. The number of hydrogen-bond donors (Lipinski definition) is 1. The Morgan fingerprint density at radius 2 is 2.23 bits per heavy atom. The SMILES string of the molecule is CCOC(=O)C1=C(CN2CCOCC2)NC(c2nccs2)=CC1c1ccc(F)cc1Cl. The maximum absolute atomic E-state index is 13.7. The summed E-state index contributed by atoms with van der Waals surface area (Å²) in [6, 6.07) is 4.24. The van der Waals surface area contributed by atoms with Crippen molar-refractivity contribution < 1.29 is 18.7 Å². The van der Waals surface area contributed by atoms with Gasteiger partial charge in [-0.1, -0.05) is 17.7 Å². The van der Waals surface area contributed by atoms with Crippen molar-refractivity contribution in [1.29, 1.82) is 0 Å². The van der Waals surface area contributed by atoms with Crippen LogP contribution in [0.25, 0.3) is 5.70 Å². The summed E-state index contributed by atoms with van der Waals surface area (Å²) in [5, 5.41) is 6.36. The third kappa shape index (κ3) is 4.98. The van der Waals surface area contributed by atoms with Crippen LogP contribution in [0.3, 0.4) is 0 Å². The highest BCUT2D eigenvalue weighted by Gasteiger charge is 2.33. The van der Waals surface area contributed by atoms with Gasteiger partial charge in [0.2, 0.25) is 0 Å². The summed E-state index contributed by atoms with van der Waals surface area (Å²) in [5.41, 5.74) is 2.64. The monoisotopic (exact) mass is 463 g/mol. The van der Waals surface area contributed by atoms with Gasteiger partial charge in [-0.05, 0) is 30.7 Å². The van der Waals surface area contributed by atoms with E-state index in [0.717, 1.165) is 29.5 Å². The Balaban J connectivity index is 1.81. The lowest BCUT2D eigenvalue weighted by Crippen LogP contribution is -2.41. The molecule has 1 saturated heterocycles. The molecule has 0 bridgehead atoms. The molecule has 1 N–H and O–H groups in total. The fraction of sp³-hybridized carbons (Fsp3) is 0.364. The van der Waals surface area contributed by atoms with Crippen molar-refractivity contribution >= 4 is 34.6 Å². The first kappa shape index (κ1) is 22.0. The number of nitrogens with one attached hydrogen (secondary N) is 1. The quantitative estimate of drug-likeness (QED) is 0.657. The number of hydrogen-bond acceptors (Lipinski definition) is 7. The van der Waals surface area contributed by atoms with Gasteiger partial charge < -0.3 is 14.8 Å². The van der Waals surface area contributed by atoms with Gasteiger partial charge in [-0.25, -0.2) is 14.2 Å². The third-order valence-electron chi connectivity index (χ3n) is 5.20. The van der Waals surface area contributed by atoms with Crippen LogP contribution in [-0.4, -0.2) is 55.3 Å². The lowest BCUT2D eigenvalue weighted by Gasteiger charge is -2.33. The number of dihydropyridines is 1. The number of carbonyl (C=O) groups is 1. The molecule has 0 saturated carbocycles. The van der Waals surface area contributed by atoms with Gasteiger partial charge in [0, 0.05) is 47.8 Å². The number of aromatic nitrogens is 1. The van der Waals surface area contributed by atoms with Crippen molar-refractivity contribution in [2.75, 3.05) is 39.5 Å². The molecule has 0 amide bonds. The predicted octanol–water partition coefficient (Wildman–Crippen LogP) is 3.81. The van der Waals surface area contributed by atoms with E-state index in [4.69, 9.17) is 21.1 Å². The van der Waals surface area contributed by atoms with E-state index in [1.54, 1.807) is 19.2 Å². The van der Waals surface area contributed by atoms with Gasteiger partial charge in [-0.15, -0.1) is 11.3 Å². The molecule has 1 unspecified atom stereocenters. The van der Waals surface area contributed by atoms with Gasteiger partial charge in [-0.3, -0.25) is 4.90 Å². The van der Waals surface area contributed by atoms with Crippen molar-refractivity contribution in [3.63, 3.8) is 0 Å². The molecule has 1 aromatic heterocycles. The first-order valence-corrected chi connectivity index (χ1v) is 11.4. The number of allylic oxidation sites excluding steroid dienone is 1. The molecule has 1 aromatic carbocycles. The summed E-state index contributed by atoms with van der Waals surface area (Å²) in [5.74, 6) is -1.34. The van der Waals surface area contributed by atoms with E-state index in [2.05, 4.69) is 15.2 Å². The lowest BCUT2D eigenvalue weighted by molar-refractivity contribution is -0.138. The molecule has 3 heterocycles. The van der Waals surface area contributed by atoms with E-state index < -0.39 is 17.7 Å². The molecule has 0 spiro atoms. The van der Waals surface area contributed by atoms with Crippen LogP contribution >= 0.6 is 22.9 Å². The second-order valence-corrected chi connectivity index (χ2v) is 8.49. The van der Waals surface area contributed by atoms with Crippen molar-refractivity contribution in [1.82, 2.24) is 15.2 Å². The van der Waals surface area contributed by atoms with Gasteiger partial charge in [-0.2, -0.15) is 0 Å². The first-order valence-electron chi connectivity index (χ1n) is 10.1. The van der Waals surface area contributed by atoms with Gasteiger partial charge in [0.15, 0.2) is 0 Å². The molecule has 1 atom stereocenters. The minimum absolute atomic E-state index is 0.250. The van der Waals surface area contributed by atoms with E-state index in [1.165, 1.54) is 23.5 Å². The molecule has 2 aliphatic rings. The summed E-state index contributed by atoms with van der Waals surface area (Å²) in [4.78, 5) is 19.7. The highest BCUT2D eigenvalue weighted by atomic mass is 35.5.